The van der Waals surface area contributed by atoms with Gasteiger partial charge in [0.1, 0.15) is 0 Å². The van der Waals surface area contributed by atoms with Gasteiger partial charge in [0.05, 0.1) is 12.7 Å². The molecule has 0 aromatic rings. The molecule has 0 heterocycles. The van der Waals surface area contributed by atoms with Crippen molar-refractivity contribution in [3.05, 3.63) is 0 Å². The van der Waals surface area contributed by atoms with Crippen LogP contribution in [0.25, 0.3) is 0 Å². The zero-order chi connectivity index (χ0) is 13.5. The van der Waals surface area contributed by atoms with Gasteiger partial charge in [-0.3, -0.25) is 0 Å². The van der Waals surface area contributed by atoms with Crippen LogP contribution < -0.4 is 0 Å². The largest absolute Gasteiger partial charge is 0.394 e. The molecule has 0 aliphatic heterocycles. The van der Waals surface area contributed by atoms with Crippen LogP contribution in [0.4, 0.5) is 0 Å². The van der Waals surface area contributed by atoms with Crippen LogP contribution in [-0.4, -0.2) is 24.4 Å². The van der Waals surface area contributed by atoms with E-state index >= 15 is 0 Å². The fraction of sp³-hybridized carbons (Fsp3) is 1.00. The quantitative estimate of drug-likeness (QED) is 0.458. The maximum absolute atomic E-state index is 8.79. The molecule has 0 aromatic heterocycles. The fourth-order valence-electron chi connectivity index (χ4n) is 2.10. The van der Waals surface area contributed by atoms with E-state index in [-0.39, 0.29) is 12.7 Å². The summed E-state index contributed by atoms with van der Waals surface area (Å²) in [4.78, 5) is 0. The molecule has 0 saturated heterocycles. The summed E-state index contributed by atoms with van der Waals surface area (Å²) < 4.78 is 5.42. The Morgan fingerprint density at radius 2 is 1.22 bits per heavy atom. The molecule has 0 saturated carbocycles. The van der Waals surface area contributed by atoms with Gasteiger partial charge in [-0.15, -0.1) is 0 Å². The minimum Gasteiger partial charge on any atom is -0.394 e. The monoisotopic (exact) mass is 258 g/mol. The maximum Gasteiger partial charge on any atom is 0.0777 e. The van der Waals surface area contributed by atoms with Gasteiger partial charge in [0.2, 0.25) is 0 Å². The van der Waals surface area contributed by atoms with Crippen molar-refractivity contribution < 1.29 is 9.84 Å². The third-order valence-electron chi connectivity index (χ3n) is 3.41. The molecular weight excluding hydrogens is 224 g/mol. The second kappa shape index (κ2) is 15.0. The minimum absolute atomic E-state index is 0.00752. The zero-order valence-corrected chi connectivity index (χ0v) is 12.6. The van der Waals surface area contributed by atoms with Crippen molar-refractivity contribution >= 4 is 0 Å². The number of aliphatic hydroxyl groups excluding tert-OH is 1. The first-order valence-corrected chi connectivity index (χ1v) is 8.03. The molecule has 0 bridgehead atoms. The van der Waals surface area contributed by atoms with E-state index in [2.05, 4.69) is 6.92 Å². The molecule has 2 nitrogen and oxygen atoms in total. The van der Waals surface area contributed by atoms with Crippen LogP contribution in [0.3, 0.4) is 0 Å². The molecule has 1 N–H and O–H groups in total. The third-order valence-corrected chi connectivity index (χ3v) is 3.41. The Kier molecular flexibility index (Phi) is 14.9. The minimum atomic E-state index is 0.00752. The fourth-order valence-corrected chi connectivity index (χ4v) is 2.10. The summed E-state index contributed by atoms with van der Waals surface area (Å²) in [6.45, 7) is 5.13. The third kappa shape index (κ3) is 14.0. The lowest BCUT2D eigenvalue weighted by molar-refractivity contribution is 0.0231. The van der Waals surface area contributed by atoms with E-state index in [0.29, 0.717) is 0 Å². The molecule has 0 rings (SSSR count). The molecule has 110 valence electrons. The van der Waals surface area contributed by atoms with Crippen molar-refractivity contribution in [3.8, 4) is 0 Å². The number of unbranched alkanes of at least 4 members (excludes halogenated alkanes) is 10. The van der Waals surface area contributed by atoms with E-state index in [9.17, 15) is 0 Å². The lowest BCUT2D eigenvalue weighted by atomic mass is 10.1. The summed E-state index contributed by atoms with van der Waals surface area (Å²) in [6, 6.07) is 0. The summed E-state index contributed by atoms with van der Waals surface area (Å²) in [5.74, 6) is 0. The summed E-state index contributed by atoms with van der Waals surface area (Å²) in [5.41, 5.74) is 0. The number of aliphatic hydroxyl groups is 1. The molecule has 0 aromatic carbocycles. The van der Waals surface area contributed by atoms with E-state index in [1.807, 2.05) is 6.92 Å². The van der Waals surface area contributed by atoms with Gasteiger partial charge < -0.3 is 9.84 Å². The highest BCUT2D eigenvalue weighted by Crippen LogP contribution is 2.11. The summed E-state index contributed by atoms with van der Waals surface area (Å²) >= 11 is 0. The molecule has 1 atom stereocenters. The lowest BCUT2D eigenvalue weighted by Crippen LogP contribution is -2.13. The Balaban J connectivity index is 2.94. The molecule has 0 spiro atoms. The van der Waals surface area contributed by atoms with E-state index in [0.717, 1.165) is 13.0 Å². The first-order chi connectivity index (χ1) is 8.81. The van der Waals surface area contributed by atoms with Gasteiger partial charge >= 0.3 is 0 Å². The van der Waals surface area contributed by atoms with Crippen molar-refractivity contribution in [3.63, 3.8) is 0 Å². The van der Waals surface area contributed by atoms with Gasteiger partial charge in [0.15, 0.2) is 0 Å². The summed E-state index contributed by atoms with van der Waals surface area (Å²) in [7, 11) is 0. The Morgan fingerprint density at radius 1 is 0.778 bits per heavy atom. The van der Waals surface area contributed by atoms with Gasteiger partial charge in [-0.05, 0) is 13.3 Å². The molecule has 0 radical (unpaired) electrons. The van der Waals surface area contributed by atoms with Crippen molar-refractivity contribution in [1.29, 1.82) is 0 Å². The maximum atomic E-state index is 8.79. The standard InChI is InChI=1S/C16H34O2/c1-3-4-5-6-7-8-9-10-11-12-13-14-18-16(2)15-17/h16-17H,3-15H2,1-2H3. The van der Waals surface area contributed by atoms with E-state index < -0.39 is 0 Å². The van der Waals surface area contributed by atoms with Gasteiger partial charge in [-0.2, -0.15) is 0 Å². The predicted molar refractivity (Wildman–Crippen MR) is 79.0 cm³/mol. The van der Waals surface area contributed by atoms with E-state index in [1.165, 1.54) is 64.2 Å². The van der Waals surface area contributed by atoms with Crippen LogP contribution >= 0.6 is 0 Å². The zero-order valence-electron chi connectivity index (χ0n) is 12.6. The number of rotatable bonds is 14. The van der Waals surface area contributed by atoms with Crippen molar-refractivity contribution in [1.82, 2.24) is 0 Å². The average molecular weight is 258 g/mol. The Hall–Kier alpha value is -0.0800. The molecule has 0 aliphatic rings. The van der Waals surface area contributed by atoms with Crippen LogP contribution in [-0.2, 0) is 4.74 Å². The van der Waals surface area contributed by atoms with Gasteiger partial charge in [0, 0.05) is 6.61 Å². The smallest absolute Gasteiger partial charge is 0.0777 e. The molecule has 0 aliphatic carbocycles. The van der Waals surface area contributed by atoms with Crippen LogP contribution in [0.1, 0.15) is 84.5 Å². The first kappa shape index (κ1) is 17.9. The van der Waals surface area contributed by atoms with E-state index in [1.54, 1.807) is 0 Å². The summed E-state index contributed by atoms with van der Waals surface area (Å²) in [6.07, 6.45) is 15.0. The summed E-state index contributed by atoms with van der Waals surface area (Å²) in [5, 5.41) is 8.79. The topological polar surface area (TPSA) is 29.5 Å². The average Bonchev–Trinajstić information content (AvgIpc) is 2.39. The van der Waals surface area contributed by atoms with Crippen molar-refractivity contribution in [2.24, 2.45) is 0 Å². The van der Waals surface area contributed by atoms with Crippen LogP contribution in [0, 0.1) is 0 Å². The lowest BCUT2D eigenvalue weighted by Gasteiger charge is -2.09. The molecule has 0 fully saturated rings. The second-order valence-electron chi connectivity index (χ2n) is 5.40. The Labute approximate surface area is 114 Å². The number of hydrogen-bond donors (Lipinski definition) is 1. The molecule has 2 heteroatoms. The second-order valence-corrected chi connectivity index (χ2v) is 5.40. The van der Waals surface area contributed by atoms with Gasteiger partial charge in [-0.1, -0.05) is 71.1 Å². The Bertz CT molecular complexity index is 148. The first-order valence-electron chi connectivity index (χ1n) is 8.03. The highest BCUT2D eigenvalue weighted by molar-refractivity contribution is 4.49. The number of hydrogen-bond acceptors (Lipinski definition) is 2. The molecule has 18 heavy (non-hydrogen) atoms. The van der Waals surface area contributed by atoms with Gasteiger partial charge in [0.25, 0.3) is 0 Å². The van der Waals surface area contributed by atoms with Gasteiger partial charge in [-0.25, -0.2) is 0 Å². The normalized spacial score (nSPS) is 12.8. The van der Waals surface area contributed by atoms with E-state index in [4.69, 9.17) is 9.84 Å². The number of ether oxygens (including phenoxy) is 1. The Morgan fingerprint density at radius 3 is 1.67 bits per heavy atom. The van der Waals surface area contributed by atoms with Crippen LogP contribution in [0.2, 0.25) is 0 Å². The van der Waals surface area contributed by atoms with Crippen molar-refractivity contribution in [2.75, 3.05) is 13.2 Å². The van der Waals surface area contributed by atoms with Crippen LogP contribution in [0.5, 0.6) is 0 Å². The SMILES string of the molecule is CCCCCCCCCCCCCOC(C)CO. The van der Waals surface area contributed by atoms with Crippen molar-refractivity contribution in [2.45, 2.75) is 90.6 Å². The molecule has 0 amide bonds. The molecular formula is C16H34O2. The highest BCUT2D eigenvalue weighted by Gasteiger charge is 1.98. The predicted octanol–water partition coefficient (Wildman–Crippen LogP) is 4.69. The highest BCUT2D eigenvalue weighted by atomic mass is 16.5. The van der Waals surface area contributed by atoms with Crippen LogP contribution in [0.15, 0.2) is 0 Å². The molecule has 1 unspecified atom stereocenters.